The van der Waals surface area contributed by atoms with E-state index in [2.05, 4.69) is 0 Å². The zero-order valence-electron chi connectivity index (χ0n) is 12.9. The van der Waals surface area contributed by atoms with E-state index in [1.54, 1.807) is 4.90 Å². The summed E-state index contributed by atoms with van der Waals surface area (Å²) in [6, 6.07) is 13.5. The van der Waals surface area contributed by atoms with Gasteiger partial charge in [0.2, 0.25) is 0 Å². The Bertz CT molecular complexity index is 744. The Hall–Kier alpha value is -0.390. The Balaban J connectivity index is 0.00000225. The van der Waals surface area contributed by atoms with Crippen LogP contribution in [0.5, 0.6) is 0 Å². The zero-order chi connectivity index (χ0) is 17.4. The van der Waals surface area contributed by atoms with Crippen LogP contribution in [0.3, 0.4) is 0 Å². The zero-order valence-corrected chi connectivity index (χ0v) is 15.1. The van der Waals surface area contributed by atoms with Crippen molar-refractivity contribution in [2.45, 2.75) is 18.1 Å². The maximum atomic E-state index is 13.9. The molecule has 0 saturated carbocycles. The molecule has 2 aromatic rings. The standard InChI is InChI=1S/C18H14Cl2F3N.Ar/c19-15-8-14(9-16(20)10-15)17(18(21,22)23)6-7-24(12-17)11-13-4-2-1-3-5-13;/h1-10H,11-12H2;. The normalized spacial score (nSPS) is 19.8. The maximum Gasteiger partial charge on any atom is 0.403 e. The molecular weight excluding hydrogens is 398 g/mol. The third-order valence-electron chi connectivity index (χ3n) is 4.13. The Morgan fingerprint density at radius 3 is 2.16 bits per heavy atom. The summed E-state index contributed by atoms with van der Waals surface area (Å²) in [4.78, 5) is 1.65. The molecule has 1 unspecified atom stereocenters. The van der Waals surface area contributed by atoms with E-state index < -0.39 is 11.6 Å². The Kier molecular flexibility index (Phi) is 6.77. The predicted octanol–water partition coefficient (Wildman–Crippen LogP) is 5.82. The topological polar surface area (TPSA) is 3.24 Å². The fourth-order valence-corrected chi connectivity index (χ4v) is 3.46. The van der Waals surface area contributed by atoms with E-state index in [9.17, 15) is 13.2 Å². The molecule has 0 bridgehead atoms. The summed E-state index contributed by atoms with van der Waals surface area (Å²) in [7, 11) is 0. The molecule has 2 aromatic carbocycles. The number of halogens is 5. The molecule has 3 rings (SSSR count). The maximum absolute atomic E-state index is 13.9. The summed E-state index contributed by atoms with van der Waals surface area (Å²) in [5.74, 6) is 0. The van der Waals surface area contributed by atoms with Gasteiger partial charge in [0.1, 0.15) is 5.41 Å². The van der Waals surface area contributed by atoms with Crippen molar-refractivity contribution < 1.29 is 50.9 Å². The molecule has 0 amide bonds. The molecule has 1 aliphatic rings. The van der Waals surface area contributed by atoms with Crippen LogP contribution in [0, 0.1) is 37.7 Å². The van der Waals surface area contributed by atoms with Gasteiger partial charge in [0, 0.05) is 60.9 Å². The molecule has 0 fully saturated rings. The number of rotatable bonds is 3. The fourth-order valence-electron chi connectivity index (χ4n) is 2.93. The smallest absolute Gasteiger partial charge is 0.372 e. The summed E-state index contributed by atoms with van der Waals surface area (Å²) in [6.45, 7) is 0.200. The first-order valence-corrected chi connectivity index (χ1v) is 8.06. The van der Waals surface area contributed by atoms with Gasteiger partial charge >= 0.3 is 6.18 Å². The number of alkyl halides is 3. The van der Waals surface area contributed by atoms with Crippen LogP contribution < -0.4 is 0 Å². The van der Waals surface area contributed by atoms with Gasteiger partial charge in [-0.2, -0.15) is 13.2 Å². The average Bonchev–Trinajstić information content (AvgIpc) is 2.92. The van der Waals surface area contributed by atoms with Crippen LogP contribution in [0.1, 0.15) is 11.1 Å². The summed E-state index contributed by atoms with van der Waals surface area (Å²) >= 11 is 11.8. The van der Waals surface area contributed by atoms with Gasteiger partial charge in [-0.3, -0.25) is 0 Å². The first kappa shape index (κ1) is 20.9. The summed E-state index contributed by atoms with van der Waals surface area (Å²) in [6.07, 6.45) is -1.77. The van der Waals surface area contributed by atoms with Crippen LogP contribution in [0.25, 0.3) is 0 Å². The monoisotopic (exact) mass is 411 g/mol. The Labute approximate surface area is 184 Å². The van der Waals surface area contributed by atoms with Crippen LogP contribution in [0.4, 0.5) is 13.2 Å². The van der Waals surface area contributed by atoms with E-state index in [0.29, 0.717) is 6.54 Å². The largest absolute Gasteiger partial charge is 0.403 e. The van der Waals surface area contributed by atoms with Crippen LogP contribution in [0.15, 0.2) is 60.8 Å². The molecule has 134 valence electrons. The molecule has 7 heteroatoms. The molecule has 1 aliphatic heterocycles. The minimum absolute atomic E-state index is 0. The molecule has 1 heterocycles. The molecule has 1 atom stereocenters. The number of hydrogen-bond donors (Lipinski definition) is 0. The Morgan fingerprint density at radius 2 is 1.60 bits per heavy atom. The van der Waals surface area contributed by atoms with Crippen molar-refractivity contribution in [1.82, 2.24) is 4.90 Å². The summed E-state index contributed by atoms with van der Waals surface area (Å²) < 4.78 is 41.7. The molecule has 1 nitrogen and oxygen atoms in total. The molecule has 0 saturated heterocycles. The summed E-state index contributed by atoms with van der Waals surface area (Å²) in [5.41, 5.74) is -1.11. The van der Waals surface area contributed by atoms with Crippen molar-refractivity contribution in [2.75, 3.05) is 6.54 Å². The van der Waals surface area contributed by atoms with Gasteiger partial charge in [-0.15, -0.1) is 0 Å². The van der Waals surface area contributed by atoms with E-state index >= 15 is 0 Å². The van der Waals surface area contributed by atoms with Gasteiger partial charge in [-0.25, -0.2) is 0 Å². The van der Waals surface area contributed by atoms with E-state index in [-0.39, 0.29) is 59.9 Å². The molecule has 0 N–H and O–H groups in total. The van der Waals surface area contributed by atoms with Crippen molar-refractivity contribution in [3.63, 3.8) is 0 Å². The number of hydrogen-bond acceptors (Lipinski definition) is 1. The van der Waals surface area contributed by atoms with Crippen LogP contribution >= 0.6 is 23.2 Å². The van der Waals surface area contributed by atoms with E-state index in [1.807, 2.05) is 30.3 Å². The fraction of sp³-hybridized carbons (Fsp3) is 0.222. The van der Waals surface area contributed by atoms with Gasteiger partial charge in [0.25, 0.3) is 0 Å². The van der Waals surface area contributed by atoms with Crippen molar-refractivity contribution in [3.05, 3.63) is 82.0 Å². The van der Waals surface area contributed by atoms with Crippen molar-refractivity contribution in [3.8, 4) is 0 Å². The molecule has 0 aliphatic carbocycles. The first-order chi connectivity index (χ1) is 11.3. The third kappa shape index (κ3) is 4.48. The van der Waals surface area contributed by atoms with Gasteiger partial charge in [0.05, 0.1) is 0 Å². The molecule has 0 spiro atoms. The molecule has 0 radical (unpaired) electrons. The first-order valence-electron chi connectivity index (χ1n) is 7.31. The van der Waals surface area contributed by atoms with Crippen molar-refractivity contribution in [1.29, 1.82) is 0 Å². The van der Waals surface area contributed by atoms with Crippen LogP contribution in [0.2, 0.25) is 10.0 Å². The third-order valence-corrected chi connectivity index (χ3v) is 4.57. The SMILES string of the molecule is FC(F)(F)C1(c2cc(Cl)cc(Cl)c2)C=CN(Cc2ccccc2)C1.[Ar]. The number of benzene rings is 2. The van der Waals surface area contributed by atoms with Crippen molar-refractivity contribution >= 4 is 23.2 Å². The second kappa shape index (κ2) is 8.10. The summed E-state index contributed by atoms with van der Waals surface area (Å²) in [5, 5.41) is 0.382. The Morgan fingerprint density at radius 1 is 1.00 bits per heavy atom. The van der Waals surface area contributed by atoms with Crippen LogP contribution in [-0.2, 0) is 12.0 Å². The minimum atomic E-state index is -4.46. The second-order valence-corrected chi connectivity index (χ2v) is 6.71. The molecule has 25 heavy (non-hydrogen) atoms. The average molecular weight is 412 g/mol. The van der Waals surface area contributed by atoms with Crippen molar-refractivity contribution in [2.24, 2.45) is 0 Å². The van der Waals surface area contributed by atoms with Gasteiger partial charge in [0.15, 0.2) is 0 Å². The number of nitrogens with zero attached hydrogens (tertiary/aromatic N) is 1. The van der Waals surface area contributed by atoms with Gasteiger partial charge in [-0.1, -0.05) is 53.5 Å². The molecule has 0 aromatic heterocycles. The minimum Gasteiger partial charge on any atom is -0.372 e. The van der Waals surface area contributed by atoms with Gasteiger partial charge < -0.3 is 4.90 Å². The van der Waals surface area contributed by atoms with E-state index in [4.69, 9.17) is 23.2 Å². The predicted molar refractivity (Wildman–Crippen MR) is 90.2 cm³/mol. The van der Waals surface area contributed by atoms with E-state index in [1.165, 1.54) is 30.5 Å². The van der Waals surface area contributed by atoms with Gasteiger partial charge in [-0.05, 0) is 41.6 Å². The molecular formula is C18H14ArCl2F3N. The second-order valence-electron chi connectivity index (χ2n) is 5.83. The van der Waals surface area contributed by atoms with E-state index in [0.717, 1.165) is 5.56 Å². The van der Waals surface area contributed by atoms with Crippen LogP contribution in [-0.4, -0.2) is 17.6 Å². The quantitative estimate of drug-likeness (QED) is 0.614.